The van der Waals surface area contributed by atoms with Gasteiger partial charge in [0.15, 0.2) is 6.29 Å². The highest BCUT2D eigenvalue weighted by molar-refractivity contribution is 4.66. The van der Waals surface area contributed by atoms with Gasteiger partial charge in [0.1, 0.15) is 0 Å². The summed E-state index contributed by atoms with van der Waals surface area (Å²) in [6, 6.07) is 0.160. The zero-order chi connectivity index (χ0) is 11.0. The van der Waals surface area contributed by atoms with Crippen LogP contribution in [0.3, 0.4) is 0 Å². The van der Waals surface area contributed by atoms with Gasteiger partial charge in [-0.25, -0.2) is 0 Å². The fraction of sp³-hybridized carbons (Fsp3) is 1.00. The van der Waals surface area contributed by atoms with Gasteiger partial charge in [-0.2, -0.15) is 0 Å². The van der Waals surface area contributed by atoms with Crippen LogP contribution in [0.2, 0.25) is 0 Å². The molecule has 0 aromatic rings. The fourth-order valence-electron chi connectivity index (χ4n) is 1.30. The lowest BCUT2D eigenvalue weighted by molar-refractivity contribution is -0.120. The van der Waals surface area contributed by atoms with Crippen LogP contribution in [0.4, 0.5) is 0 Å². The highest BCUT2D eigenvalue weighted by atomic mass is 16.7. The summed E-state index contributed by atoms with van der Waals surface area (Å²) in [6.45, 7) is 7.61. The molecule has 0 amide bonds. The number of rotatable bonds is 8. The standard InChI is InChI=1S/C10H23NO3/c1-6-14-8(2)7-11-9(3)10(12-4)13-5/h8-11H,6-7H2,1-5H3. The average Bonchev–Trinajstić information content (AvgIpc) is 2.17. The molecule has 0 bridgehead atoms. The molecule has 0 fully saturated rings. The molecule has 0 rings (SSSR count). The smallest absolute Gasteiger partial charge is 0.171 e. The van der Waals surface area contributed by atoms with E-state index in [9.17, 15) is 0 Å². The Hall–Kier alpha value is -0.160. The van der Waals surface area contributed by atoms with Crippen LogP contribution in [0, 0.1) is 0 Å². The van der Waals surface area contributed by atoms with Crippen LogP contribution in [0.1, 0.15) is 20.8 Å². The molecule has 14 heavy (non-hydrogen) atoms. The van der Waals surface area contributed by atoms with Gasteiger partial charge in [-0.15, -0.1) is 0 Å². The van der Waals surface area contributed by atoms with Crippen molar-refractivity contribution in [3.05, 3.63) is 0 Å². The molecule has 2 atom stereocenters. The molecule has 0 aromatic heterocycles. The molecule has 0 aliphatic rings. The highest BCUT2D eigenvalue weighted by Crippen LogP contribution is 1.99. The average molecular weight is 205 g/mol. The summed E-state index contributed by atoms with van der Waals surface area (Å²) in [5.74, 6) is 0. The predicted molar refractivity (Wildman–Crippen MR) is 56.4 cm³/mol. The van der Waals surface area contributed by atoms with Gasteiger partial charge in [-0.1, -0.05) is 0 Å². The van der Waals surface area contributed by atoms with Crippen molar-refractivity contribution in [3.8, 4) is 0 Å². The molecular weight excluding hydrogens is 182 g/mol. The SMILES string of the molecule is CCOC(C)CNC(C)C(OC)OC. The lowest BCUT2D eigenvalue weighted by atomic mass is 10.3. The van der Waals surface area contributed by atoms with E-state index in [4.69, 9.17) is 14.2 Å². The monoisotopic (exact) mass is 205 g/mol. The topological polar surface area (TPSA) is 39.7 Å². The predicted octanol–water partition coefficient (Wildman–Crippen LogP) is 1.01. The van der Waals surface area contributed by atoms with Crippen LogP contribution in [0.15, 0.2) is 0 Å². The molecule has 4 nitrogen and oxygen atoms in total. The number of hydrogen-bond acceptors (Lipinski definition) is 4. The quantitative estimate of drug-likeness (QED) is 0.600. The van der Waals surface area contributed by atoms with Gasteiger partial charge >= 0.3 is 0 Å². The van der Waals surface area contributed by atoms with Gasteiger partial charge in [0.2, 0.25) is 0 Å². The second-order valence-corrected chi connectivity index (χ2v) is 3.30. The van der Waals surface area contributed by atoms with Crippen LogP contribution >= 0.6 is 0 Å². The second kappa shape index (κ2) is 8.17. The maximum atomic E-state index is 5.40. The first-order chi connectivity index (χ1) is 6.65. The van der Waals surface area contributed by atoms with Crippen molar-refractivity contribution >= 4 is 0 Å². The number of hydrogen-bond donors (Lipinski definition) is 1. The van der Waals surface area contributed by atoms with Crippen LogP contribution < -0.4 is 5.32 Å². The zero-order valence-corrected chi connectivity index (χ0v) is 9.87. The lowest BCUT2D eigenvalue weighted by Crippen LogP contribution is -2.42. The molecule has 0 aromatic carbocycles. The molecule has 0 aliphatic carbocycles. The van der Waals surface area contributed by atoms with E-state index in [1.807, 2.05) is 20.8 Å². The Balaban J connectivity index is 3.65. The summed E-state index contributed by atoms with van der Waals surface area (Å²) in [7, 11) is 3.27. The van der Waals surface area contributed by atoms with E-state index < -0.39 is 0 Å². The summed E-state index contributed by atoms with van der Waals surface area (Å²) in [4.78, 5) is 0. The maximum Gasteiger partial charge on any atom is 0.171 e. The third-order valence-corrected chi connectivity index (χ3v) is 2.05. The second-order valence-electron chi connectivity index (χ2n) is 3.30. The van der Waals surface area contributed by atoms with E-state index in [1.54, 1.807) is 14.2 Å². The van der Waals surface area contributed by atoms with Crippen molar-refractivity contribution in [2.75, 3.05) is 27.4 Å². The van der Waals surface area contributed by atoms with E-state index in [0.717, 1.165) is 13.2 Å². The molecular formula is C10H23NO3. The Morgan fingerprint density at radius 3 is 2.14 bits per heavy atom. The van der Waals surface area contributed by atoms with Gasteiger partial charge in [0, 0.05) is 27.4 Å². The largest absolute Gasteiger partial charge is 0.377 e. The number of ether oxygens (including phenoxy) is 3. The van der Waals surface area contributed by atoms with E-state index >= 15 is 0 Å². The Kier molecular flexibility index (Phi) is 8.08. The van der Waals surface area contributed by atoms with E-state index in [0.29, 0.717) is 0 Å². The minimum absolute atomic E-state index is 0.160. The highest BCUT2D eigenvalue weighted by Gasteiger charge is 2.15. The summed E-state index contributed by atoms with van der Waals surface area (Å²) in [5, 5.41) is 3.29. The van der Waals surface area contributed by atoms with Crippen LogP contribution in [0.5, 0.6) is 0 Å². The Labute approximate surface area is 86.9 Å². The van der Waals surface area contributed by atoms with Crippen LogP contribution in [-0.2, 0) is 14.2 Å². The van der Waals surface area contributed by atoms with Crippen molar-refractivity contribution in [3.63, 3.8) is 0 Å². The van der Waals surface area contributed by atoms with Crippen molar-refractivity contribution in [1.29, 1.82) is 0 Å². The molecule has 0 saturated carbocycles. The Bertz CT molecular complexity index is 129. The summed E-state index contributed by atoms with van der Waals surface area (Å²) < 4.78 is 15.7. The third-order valence-electron chi connectivity index (χ3n) is 2.05. The summed E-state index contributed by atoms with van der Waals surface area (Å²) in [6.07, 6.45) is 0.0145. The molecule has 0 saturated heterocycles. The van der Waals surface area contributed by atoms with Gasteiger partial charge in [-0.3, -0.25) is 0 Å². The van der Waals surface area contributed by atoms with E-state index in [-0.39, 0.29) is 18.4 Å². The van der Waals surface area contributed by atoms with Crippen molar-refractivity contribution in [2.24, 2.45) is 0 Å². The number of methoxy groups -OCH3 is 2. The first-order valence-electron chi connectivity index (χ1n) is 5.06. The Morgan fingerprint density at radius 2 is 1.71 bits per heavy atom. The first kappa shape index (κ1) is 13.8. The van der Waals surface area contributed by atoms with Gasteiger partial charge < -0.3 is 19.5 Å². The molecule has 0 heterocycles. The first-order valence-corrected chi connectivity index (χ1v) is 5.06. The molecule has 86 valence electrons. The zero-order valence-electron chi connectivity index (χ0n) is 9.87. The molecule has 2 unspecified atom stereocenters. The van der Waals surface area contributed by atoms with Gasteiger partial charge in [0.25, 0.3) is 0 Å². The van der Waals surface area contributed by atoms with Crippen molar-refractivity contribution < 1.29 is 14.2 Å². The minimum Gasteiger partial charge on any atom is -0.377 e. The maximum absolute atomic E-state index is 5.40. The van der Waals surface area contributed by atoms with E-state index in [2.05, 4.69) is 5.32 Å². The third kappa shape index (κ3) is 5.54. The molecule has 1 N–H and O–H groups in total. The van der Waals surface area contributed by atoms with Crippen LogP contribution in [0.25, 0.3) is 0 Å². The minimum atomic E-state index is -0.205. The Morgan fingerprint density at radius 1 is 1.14 bits per heavy atom. The normalized spacial score (nSPS) is 15.9. The summed E-state index contributed by atoms with van der Waals surface area (Å²) >= 11 is 0. The summed E-state index contributed by atoms with van der Waals surface area (Å²) in [5.41, 5.74) is 0. The fourth-order valence-corrected chi connectivity index (χ4v) is 1.30. The number of nitrogens with one attached hydrogen (secondary N) is 1. The van der Waals surface area contributed by atoms with Gasteiger partial charge in [-0.05, 0) is 20.8 Å². The molecule has 0 spiro atoms. The molecule has 4 heteroatoms. The van der Waals surface area contributed by atoms with Gasteiger partial charge in [0.05, 0.1) is 12.1 Å². The lowest BCUT2D eigenvalue weighted by Gasteiger charge is -2.23. The van der Waals surface area contributed by atoms with E-state index in [1.165, 1.54) is 0 Å². The van der Waals surface area contributed by atoms with Crippen LogP contribution in [-0.4, -0.2) is 45.8 Å². The van der Waals surface area contributed by atoms with Crippen molar-refractivity contribution in [2.45, 2.75) is 39.2 Å². The molecule has 0 aliphatic heterocycles. The van der Waals surface area contributed by atoms with Crippen molar-refractivity contribution in [1.82, 2.24) is 5.32 Å². The molecule has 0 radical (unpaired) electrons.